The van der Waals surface area contributed by atoms with E-state index in [2.05, 4.69) is 20.9 Å². The van der Waals surface area contributed by atoms with E-state index in [0.717, 1.165) is 27.3 Å². The van der Waals surface area contributed by atoms with Crippen molar-refractivity contribution in [2.45, 2.75) is 0 Å². The highest BCUT2D eigenvalue weighted by Gasteiger charge is 2.14. The minimum atomic E-state index is 0.188. The summed E-state index contributed by atoms with van der Waals surface area (Å²) >= 11 is 3.43. The molecule has 0 aliphatic heterocycles. The number of fused-ring (bicyclic) bond motifs is 1. The molecule has 0 unspecified atom stereocenters. The van der Waals surface area contributed by atoms with Crippen LogP contribution >= 0.6 is 15.9 Å². The lowest BCUT2D eigenvalue weighted by Gasteiger charge is -2.07. The molecule has 0 bridgehead atoms. The van der Waals surface area contributed by atoms with Crippen LogP contribution in [0.5, 0.6) is 11.5 Å². The average Bonchev–Trinajstić information content (AvgIpc) is 2.75. The van der Waals surface area contributed by atoms with E-state index in [-0.39, 0.29) is 5.75 Å². The first-order valence-electron chi connectivity index (χ1n) is 5.70. The van der Waals surface area contributed by atoms with Gasteiger partial charge in [-0.1, -0.05) is 12.1 Å². The van der Waals surface area contributed by atoms with Crippen LogP contribution in [0.1, 0.15) is 0 Å². The fraction of sp³-hybridized carbons (Fsp3) is 0.0714. The maximum atomic E-state index is 9.64. The van der Waals surface area contributed by atoms with Gasteiger partial charge in [-0.3, -0.25) is 4.40 Å². The third-order valence-corrected chi connectivity index (χ3v) is 3.51. The first-order valence-corrected chi connectivity index (χ1v) is 6.50. The van der Waals surface area contributed by atoms with Gasteiger partial charge in [0.25, 0.3) is 0 Å². The molecule has 3 rings (SSSR count). The topological polar surface area (TPSA) is 46.8 Å². The summed E-state index contributed by atoms with van der Waals surface area (Å²) in [6, 6.07) is 11.1. The zero-order valence-electron chi connectivity index (χ0n) is 10.2. The monoisotopic (exact) mass is 318 g/mol. The van der Waals surface area contributed by atoms with Crippen LogP contribution in [0, 0.1) is 0 Å². The van der Waals surface area contributed by atoms with Crippen LogP contribution in [0.4, 0.5) is 0 Å². The molecule has 0 saturated heterocycles. The van der Waals surface area contributed by atoms with E-state index in [1.165, 1.54) is 0 Å². The second-order valence-corrected chi connectivity index (χ2v) is 4.82. The fourth-order valence-electron chi connectivity index (χ4n) is 2.06. The van der Waals surface area contributed by atoms with Crippen LogP contribution in [0.15, 0.2) is 47.2 Å². The van der Waals surface area contributed by atoms with E-state index in [1.807, 2.05) is 34.7 Å². The quantitative estimate of drug-likeness (QED) is 0.787. The number of imidazole rings is 1. The zero-order chi connectivity index (χ0) is 13.4. The third-order valence-electron chi connectivity index (χ3n) is 2.92. The number of halogens is 1. The lowest BCUT2D eigenvalue weighted by Crippen LogP contribution is -1.92. The van der Waals surface area contributed by atoms with Crippen molar-refractivity contribution in [2.24, 2.45) is 0 Å². The van der Waals surface area contributed by atoms with Gasteiger partial charge < -0.3 is 9.84 Å². The van der Waals surface area contributed by atoms with Gasteiger partial charge >= 0.3 is 0 Å². The highest BCUT2D eigenvalue weighted by Crippen LogP contribution is 2.32. The Morgan fingerprint density at radius 3 is 2.79 bits per heavy atom. The number of rotatable bonds is 2. The summed E-state index contributed by atoms with van der Waals surface area (Å²) in [4.78, 5) is 4.50. The molecule has 0 fully saturated rings. The maximum Gasteiger partial charge on any atom is 0.149 e. The van der Waals surface area contributed by atoms with E-state index >= 15 is 0 Å². The summed E-state index contributed by atoms with van der Waals surface area (Å²) in [7, 11) is 1.63. The van der Waals surface area contributed by atoms with Gasteiger partial charge in [0, 0.05) is 0 Å². The van der Waals surface area contributed by atoms with E-state index in [9.17, 15) is 5.11 Å². The number of benzene rings is 1. The van der Waals surface area contributed by atoms with E-state index in [4.69, 9.17) is 4.74 Å². The fourth-order valence-corrected chi connectivity index (χ4v) is 2.55. The van der Waals surface area contributed by atoms with E-state index in [1.54, 1.807) is 19.4 Å². The number of para-hydroxylation sites is 1. The molecule has 0 atom stereocenters. The molecule has 3 aromatic rings. The predicted molar refractivity (Wildman–Crippen MR) is 76.5 cm³/mol. The Bertz CT molecular complexity index is 752. The molecule has 0 spiro atoms. The standard InChI is InChI=1S/C14H11BrN2O2/c1-19-12-5-3-2-4-10(12)14-16-13(15)11-7-6-9(18)8-17(11)14/h2-8,18H,1H3. The van der Waals surface area contributed by atoms with Crippen LogP contribution < -0.4 is 4.74 Å². The smallest absolute Gasteiger partial charge is 0.149 e. The minimum Gasteiger partial charge on any atom is -0.506 e. The number of aromatic nitrogens is 2. The number of methoxy groups -OCH3 is 1. The number of hydrogen-bond donors (Lipinski definition) is 1. The molecule has 1 aromatic carbocycles. The number of ether oxygens (including phenoxy) is 1. The molecule has 5 heteroatoms. The molecule has 96 valence electrons. The highest BCUT2D eigenvalue weighted by molar-refractivity contribution is 9.10. The highest BCUT2D eigenvalue weighted by atomic mass is 79.9. The Morgan fingerprint density at radius 1 is 1.21 bits per heavy atom. The Kier molecular flexibility index (Phi) is 2.91. The van der Waals surface area contributed by atoms with Crippen molar-refractivity contribution < 1.29 is 9.84 Å². The average molecular weight is 319 g/mol. The first-order chi connectivity index (χ1) is 9.20. The maximum absolute atomic E-state index is 9.64. The Labute approximate surface area is 118 Å². The van der Waals surface area contributed by atoms with Gasteiger partial charge in [0.05, 0.1) is 24.4 Å². The van der Waals surface area contributed by atoms with Gasteiger partial charge in [0.2, 0.25) is 0 Å². The van der Waals surface area contributed by atoms with Crippen molar-refractivity contribution in [2.75, 3.05) is 7.11 Å². The number of pyridine rings is 1. The minimum absolute atomic E-state index is 0.188. The van der Waals surface area contributed by atoms with Crippen molar-refractivity contribution in [3.05, 3.63) is 47.2 Å². The van der Waals surface area contributed by atoms with Gasteiger partial charge in [0.1, 0.15) is 21.9 Å². The SMILES string of the molecule is COc1ccccc1-c1nc(Br)c2ccc(O)cn12. The van der Waals surface area contributed by atoms with Gasteiger partial charge in [-0.05, 0) is 40.2 Å². The second kappa shape index (κ2) is 4.59. The van der Waals surface area contributed by atoms with Crippen LogP contribution in [-0.2, 0) is 0 Å². The van der Waals surface area contributed by atoms with E-state index in [0.29, 0.717) is 0 Å². The molecule has 4 nitrogen and oxygen atoms in total. The molecule has 0 aliphatic rings. The van der Waals surface area contributed by atoms with Gasteiger partial charge in [0.15, 0.2) is 0 Å². The normalized spacial score (nSPS) is 10.8. The summed E-state index contributed by atoms with van der Waals surface area (Å²) < 4.78 is 7.92. The Morgan fingerprint density at radius 2 is 2.00 bits per heavy atom. The molecule has 0 radical (unpaired) electrons. The molecular weight excluding hydrogens is 308 g/mol. The van der Waals surface area contributed by atoms with Crippen LogP contribution in [0.25, 0.3) is 16.9 Å². The van der Waals surface area contributed by atoms with E-state index < -0.39 is 0 Å². The van der Waals surface area contributed by atoms with Gasteiger partial charge in [-0.15, -0.1) is 0 Å². The van der Waals surface area contributed by atoms with Crippen molar-refractivity contribution in [1.82, 2.24) is 9.38 Å². The van der Waals surface area contributed by atoms with Crippen LogP contribution in [0.3, 0.4) is 0 Å². The third kappa shape index (κ3) is 1.96. The molecule has 0 amide bonds. The predicted octanol–water partition coefficient (Wildman–Crippen LogP) is 3.48. The molecule has 1 N–H and O–H groups in total. The first kappa shape index (κ1) is 12.0. The molecule has 19 heavy (non-hydrogen) atoms. The number of aromatic hydroxyl groups is 1. The van der Waals surface area contributed by atoms with Crippen molar-refractivity contribution in [3.63, 3.8) is 0 Å². The summed E-state index contributed by atoms with van der Waals surface area (Å²) in [5, 5.41) is 9.64. The van der Waals surface area contributed by atoms with Crippen LogP contribution in [-0.4, -0.2) is 21.6 Å². The summed E-state index contributed by atoms with van der Waals surface area (Å²) in [5.41, 5.74) is 1.76. The molecule has 2 heterocycles. The molecule has 0 aliphatic carbocycles. The lowest BCUT2D eigenvalue weighted by atomic mass is 10.2. The van der Waals surface area contributed by atoms with Gasteiger partial charge in [-0.2, -0.15) is 0 Å². The van der Waals surface area contributed by atoms with Gasteiger partial charge in [-0.25, -0.2) is 4.98 Å². The van der Waals surface area contributed by atoms with Crippen molar-refractivity contribution >= 4 is 21.4 Å². The molecule has 2 aromatic heterocycles. The zero-order valence-corrected chi connectivity index (χ0v) is 11.8. The summed E-state index contributed by atoms with van der Waals surface area (Å²) in [5.74, 6) is 1.65. The van der Waals surface area contributed by atoms with Crippen molar-refractivity contribution in [3.8, 4) is 22.9 Å². The Balaban J connectivity index is 2.33. The Hall–Kier alpha value is -2.01. The largest absolute Gasteiger partial charge is 0.506 e. The van der Waals surface area contributed by atoms with Crippen molar-refractivity contribution in [1.29, 1.82) is 0 Å². The number of hydrogen-bond acceptors (Lipinski definition) is 3. The summed E-state index contributed by atoms with van der Waals surface area (Å²) in [6.45, 7) is 0. The lowest BCUT2D eigenvalue weighted by molar-refractivity contribution is 0.416. The second-order valence-electron chi connectivity index (χ2n) is 4.07. The molecular formula is C14H11BrN2O2. The molecule has 0 saturated carbocycles. The van der Waals surface area contributed by atoms with Crippen LogP contribution in [0.2, 0.25) is 0 Å². The summed E-state index contributed by atoms with van der Waals surface area (Å²) in [6.07, 6.45) is 1.63. The number of nitrogens with zero attached hydrogens (tertiary/aromatic N) is 2.